The second kappa shape index (κ2) is 5.80. The molecule has 94 valence electrons. The van der Waals surface area contributed by atoms with Gasteiger partial charge >= 0.3 is 0 Å². The van der Waals surface area contributed by atoms with Crippen LogP contribution in [0.1, 0.15) is 17.0 Å². The van der Waals surface area contributed by atoms with E-state index in [4.69, 9.17) is 11.6 Å². The lowest BCUT2D eigenvalue weighted by atomic mass is 10.1. The zero-order chi connectivity index (χ0) is 13.0. The van der Waals surface area contributed by atoms with E-state index in [9.17, 15) is 4.79 Å². The van der Waals surface area contributed by atoms with Gasteiger partial charge in [-0.25, -0.2) is 4.98 Å². The van der Waals surface area contributed by atoms with Crippen molar-refractivity contribution in [1.29, 1.82) is 0 Å². The Kier molecular flexibility index (Phi) is 4.12. The first-order valence-electron chi connectivity index (χ1n) is 5.66. The molecule has 4 nitrogen and oxygen atoms in total. The van der Waals surface area contributed by atoms with Gasteiger partial charge in [-0.05, 0) is 18.7 Å². The molecule has 0 aliphatic heterocycles. The van der Waals surface area contributed by atoms with E-state index in [1.807, 2.05) is 24.3 Å². The van der Waals surface area contributed by atoms with Crippen molar-refractivity contribution in [2.75, 3.05) is 7.05 Å². The first-order valence-corrected chi connectivity index (χ1v) is 6.03. The topological polar surface area (TPSA) is 57.8 Å². The first-order chi connectivity index (χ1) is 8.70. The highest BCUT2D eigenvalue weighted by Gasteiger charge is 2.05. The summed E-state index contributed by atoms with van der Waals surface area (Å²) in [5.41, 5.74) is 1.46. The molecule has 5 heteroatoms. The molecule has 0 spiro atoms. The molecule has 0 unspecified atom stereocenters. The normalized spacial score (nSPS) is 10.6. The van der Waals surface area contributed by atoms with Crippen LogP contribution < -0.4 is 10.9 Å². The van der Waals surface area contributed by atoms with Crippen LogP contribution in [0.4, 0.5) is 0 Å². The van der Waals surface area contributed by atoms with Gasteiger partial charge in [0.15, 0.2) is 0 Å². The lowest BCUT2D eigenvalue weighted by Crippen LogP contribution is -2.20. The van der Waals surface area contributed by atoms with Crippen molar-refractivity contribution >= 4 is 11.6 Å². The van der Waals surface area contributed by atoms with Gasteiger partial charge in [0, 0.05) is 29.7 Å². The largest absolute Gasteiger partial charge is 0.315 e. The fraction of sp³-hybridized carbons (Fsp3) is 0.231. The number of hydrogen-bond acceptors (Lipinski definition) is 3. The van der Waals surface area contributed by atoms with E-state index < -0.39 is 0 Å². The van der Waals surface area contributed by atoms with Crippen molar-refractivity contribution in [2.45, 2.75) is 13.0 Å². The van der Waals surface area contributed by atoms with Crippen molar-refractivity contribution in [2.24, 2.45) is 0 Å². The molecule has 1 aromatic heterocycles. The van der Waals surface area contributed by atoms with E-state index in [0.717, 1.165) is 5.56 Å². The van der Waals surface area contributed by atoms with E-state index in [1.54, 1.807) is 13.2 Å². The summed E-state index contributed by atoms with van der Waals surface area (Å²) in [6.07, 6.45) is 2.12. The minimum absolute atomic E-state index is 0.110. The highest BCUT2D eigenvalue weighted by molar-refractivity contribution is 6.31. The minimum Gasteiger partial charge on any atom is -0.315 e. The third kappa shape index (κ3) is 2.97. The molecule has 0 radical (unpaired) electrons. The second-order valence-electron chi connectivity index (χ2n) is 3.98. The monoisotopic (exact) mass is 263 g/mol. The molecule has 0 aliphatic carbocycles. The lowest BCUT2D eigenvalue weighted by molar-refractivity contribution is 0.786. The summed E-state index contributed by atoms with van der Waals surface area (Å²) in [6.45, 7) is 0.509. The molecule has 1 heterocycles. The molecule has 2 N–H and O–H groups in total. The molecule has 0 saturated carbocycles. The zero-order valence-corrected chi connectivity index (χ0v) is 10.8. The summed E-state index contributed by atoms with van der Waals surface area (Å²) >= 11 is 6.07. The van der Waals surface area contributed by atoms with Crippen molar-refractivity contribution in [3.8, 4) is 0 Å². The predicted octanol–water partition coefficient (Wildman–Crippen LogP) is 1.73. The molecular formula is C13H14ClN3O. The summed E-state index contributed by atoms with van der Waals surface area (Å²) in [7, 11) is 1.79. The van der Waals surface area contributed by atoms with Crippen LogP contribution in [0.5, 0.6) is 0 Å². The van der Waals surface area contributed by atoms with Crippen molar-refractivity contribution in [3.05, 3.63) is 62.8 Å². The number of rotatable bonds is 4. The number of hydrogen-bond donors (Lipinski definition) is 2. The van der Waals surface area contributed by atoms with E-state index in [0.29, 0.717) is 29.4 Å². The SMILES string of the molecule is CNCc1cnc(Cc2ccccc2Cl)[nH]c1=O. The van der Waals surface area contributed by atoms with Crippen LogP contribution in [-0.2, 0) is 13.0 Å². The standard InChI is InChI=1S/C13H14ClN3O/c1-15-7-10-8-16-12(17-13(10)18)6-9-4-2-3-5-11(9)14/h2-5,8,15H,6-7H2,1H3,(H,16,17,18). The van der Waals surface area contributed by atoms with Gasteiger partial charge in [0.2, 0.25) is 0 Å². The third-order valence-electron chi connectivity index (χ3n) is 2.61. The molecule has 2 rings (SSSR count). The van der Waals surface area contributed by atoms with Gasteiger partial charge in [-0.3, -0.25) is 4.79 Å². The van der Waals surface area contributed by atoms with E-state index in [-0.39, 0.29) is 5.56 Å². The Morgan fingerprint density at radius 2 is 2.11 bits per heavy atom. The molecule has 0 bridgehead atoms. The van der Waals surface area contributed by atoms with Crippen molar-refractivity contribution < 1.29 is 0 Å². The fourth-order valence-electron chi connectivity index (χ4n) is 1.69. The molecule has 0 saturated heterocycles. The Labute approximate surface area is 110 Å². The minimum atomic E-state index is -0.110. The van der Waals surface area contributed by atoms with E-state index in [1.165, 1.54) is 0 Å². The molecule has 0 amide bonds. The van der Waals surface area contributed by atoms with Crippen molar-refractivity contribution in [1.82, 2.24) is 15.3 Å². The van der Waals surface area contributed by atoms with Crippen LogP contribution >= 0.6 is 11.6 Å². The van der Waals surface area contributed by atoms with Gasteiger partial charge in [-0.15, -0.1) is 0 Å². The van der Waals surface area contributed by atoms with Gasteiger partial charge in [0.05, 0.1) is 0 Å². The Balaban J connectivity index is 2.23. The average molecular weight is 264 g/mol. The molecule has 0 aliphatic rings. The first kappa shape index (κ1) is 12.8. The number of aromatic nitrogens is 2. The molecule has 2 aromatic rings. The van der Waals surface area contributed by atoms with Crippen LogP contribution in [0.25, 0.3) is 0 Å². The Morgan fingerprint density at radius 3 is 2.78 bits per heavy atom. The summed E-state index contributed by atoms with van der Waals surface area (Å²) in [6, 6.07) is 7.53. The number of halogens is 1. The summed E-state index contributed by atoms with van der Waals surface area (Å²) in [4.78, 5) is 18.7. The molecule has 0 fully saturated rings. The van der Waals surface area contributed by atoms with Gasteiger partial charge in [-0.1, -0.05) is 29.8 Å². The smallest absolute Gasteiger partial charge is 0.255 e. The number of benzene rings is 1. The average Bonchev–Trinajstić information content (AvgIpc) is 2.36. The second-order valence-corrected chi connectivity index (χ2v) is 4.39. The fourth-order valence-corrected chi connectivity index (χ4v) is 1.89. The van der Waals surface area contributed by atoms with Gasteiger partial charge in [-0.2, -0.15) is 0 Å². The number of nitrogens with zero attached hydrogens (tertiary/aromatic N) is 1. The van der Waals surface area contributed by atoms with Gasteiger partial charge in [0.25, 0.3) is 5.56 Å². The number of aromatic amines is 1. The van der Waals surface area contributed by atoms with Crippen LogP contribution in [-0.4, -0.2) is 17.0 Å². The maximum absolute atomic E-state index is 11.7. The molecule has 1 aromatic carbocycles. The van der Waals surface area contributed by atoms with Gasteiger partial charge in [0.1, 0.15) is 5.82 Å². The summed E-state index contributed by atoms with van der Waals surface area (Å²) in [5.74, 6) is 0.618. The zero-order valence-electron chi connectivity index (χ0n) is 10.0. The highest BCUT2D eigenvalue weighted by Crippen LogP contribution is 2.16. The Bertz CT molecular complexity index is 595. The highest BCUT2D eigenvalue weighted by atomic mass is 35.5. The maximum Gasteiger partial charge on any atom is 0.255 e. The van der Waals surface area contributed by atoms with Crippen LogP contribution in [0.15, 0.2) is 35.3 Å². The van der Waals surface area contributed by atoms with Crippen molar-refractivity contribution in [3.63, 3.8) is 0 Å². The number of H-pyrrole nitrogens is 1. The Morgan fingerprint density at radius 1 is 1.33 bits per heavy atom. The van der Waals surface area contributed by atoms with Gasteiger partial charge < -0.3 is 10.3 Å². The quantitative estimate of drug-likeness (QED) is 0.883. The summed E-state index contributed by atoms with van der Waals surface area (Å²) < 4.78 is 0. The maximum atomic E-state index is 11.7. The van der Waals surface area contributed by atoms with Crippen LogP contribution in [0.3, 0.4) is 0 Å². The Hall–Kier alpha value is -1.65. The van der Waals surface area contributed by atoms with Crippen LogP contribution in [0, 0.1) is 0 Å². The van der Waals surface area contributed by atoms with Crippen LogP contribution in [0.2, 0.25) is 5.02 Å². The number of nitrogens with one attached hydrogen (secondary N) is 2. The van der Waals surface area contributed by atoms with E-state index in [2.05, 4.69) is 15.3 Å². The predicted molar refractivity (Wildman–Crippen MR) is 71.9 cm³/mol. The molecular weight excluding hydrogens is 250 g/mol. The lowest BCUT2D eigenvalue weighted by Gasteiger charge is -2.04. The summed E-state index contributed by atoms with van der Waals surface area (Å²) in [5, 5.41) is 3.60. The molecule has 18 heavy (non-hydrogen) atoms. The molecule has 0 atom stereocenters. The third-order valence-corrected chi connectivity index (χ3v) is 2.98. The van der Waals surface area contributed by atoms with E-state index >= 15 is 0 Å².